The van der Waals surface area contributed by atoms with Gasteiger partial charge in [-0.1, -0.05) is 273 Å². The predicted molar refractivity (Wildman–Crippen MR) is 426 cm³/mol. The molecule has 0 radical (unpaired) electrons. The number of nitrogens with zero attached hydrogens (tertiary/aromatic N) is 4. The van der Waals surface area contributed by atoms with E-state index in [1.807, 2.05) is 0 Å². The molecule has 0 fully saturated rings. The van der Waals surface area contributed by atoms with Crippen LogP contribution in [0.25, 0.3) is 166 Å². The van der Waals surface area contributed by atoms with E-state index < -0.39 is 0 Å². The molecule has 0 saturated heterocycles. The Morgan fingerprint density at radius 1 is 0.176 bits per heavy atom. The Balaban J connectivity index is 0.712. The van der Waals surface area contributed by atoms with Crippen LogP contribution in [0.4, 0.5) is 0 Å². The molecule has 2 aliphatic rings. The fourth-order valence-electron chi connectivity index (χ4n) is 18.2. The second-order valence-corrected chi connectivity index (χ2v) is 27.8. The first kappa shape index (κ1) is 56.7. The molecule has 4 aromatic heterocycles. The van der Waals surface area contributed by atoms with Gasteiger partial charge in [-0.05, 0) is 180 Å². The summed E-state index contributed by atoms with van der Waals surface area (Å²) in [5.41, 5.74) is 34.5. The van der Waals surface area contributed by atoms with Crippen molar-refractivity contribution in [2.24, 2.45) is 0 Å². The van der Waals surface area contributed by atoms with Gasteiger partial charge in [0.05, 0.1) is 44.1 Å². The molecule has 4 nitrogen and oxygen atoms in total. The highest BCUT2D eigenvalue weighted by Gasteiger charge is 2.40. The Morgan fingerprint density at radius 2 is 0.451 bits per heavy atom. The molecule has 0 saturated carbocycles. The van der Waals surface area contributed by atoms with Gasteiger partial charge in [0.2, 0.25) is 0 Å². The number of fused-ring (bicyclic) bond motifs is 21. The molecular weight excluding hydrogens is 1230 g/mol. The van der Waals surface area contributed by atoms with E-state index in [-0.39, 0.29) is 11.8 Å². The van der Waals surface area contributed by atoms with Crippen LogP contribution in [0.5, 0.6) is 0 Å². The Hall–Kier alpha value is -13.3. The van der Waals surface area contributed by atoms with Crippen molar-refractivity contribution in [3.8, 4) is 78.4 Å². The van der Waals surface area contributed by atoms with Gasteiger partial charge in [0.1, 0.15) is 0 Å². The summed E-state index contributed by atoms with van der Waals surface area (Å²) in [6.45, 7) is 0. The molecule has 2 aliphatic carbocycles. The van der Waals surface area contributed by atoms with Crippen molar-refractivity contribution in [1.82, 2.24) is 18.3 Å². The molecule has 2 atom stereocenters. The number of para-hydroxylation sites is 6. The van der Waals surface area contributed by atoms with Crippen molar-refractivity contribution in [1.29, 1.82) is 0 Å². The molecule has 22 rings (SSSR count). The van der Waals surface area contributed by atoms with Crippen LogP contribution in [0.15, 0.2) is 364 Å². The first-order valence-electron chi connectivity index (χ1n) is 35.5. The lowest BCUT2D eigenvalue weighted by Gasteiger charge is -2.23. The second-order valence-electron chi connectivity index (χ2n) is 27.8. The lowest BCUT2D eigenvalue weighted by Crippen LogP contribution is -2.07. The van der Waals surface area contributed by atoms with Crippen molar-refractivity contribution in [2.45, 2.75) is 11.8 Å². The van der Waals surface area contributed by atoms with E-state index in [4.69, 9.17) is 0 Å². The Kier molecular flexibility index (Phi) is 12.3. The van der Waals surface area contributed by atoms with E-state index in [1.165, 1.54) is 148 Å². The third-order valence-corrected chi connectivity index (χ3v) is 22.5. The van der Waals surface area contributed by atoms with Crippen LogP contribution in [0, 0.1) is 0 Å². The molecule has 20 aromatic rings. The summed E-state index contributed by atoms with van der Waals surface area (Å²) in [4.78, 5) is 0. The molecule has 102 heavy (non-hydrogen) atoms. The van der Waals surface area contributed by atoms with Gasteiger partial charge < -0.3 is 18.3 Å². The van der Waals surface area contributed by atoms with Crippen LogP contribution in [-0.4, -0.2) is 18.3 Å². The number of benzene rings is 16. The number of hydrogen-bond donors (Lipinski definition) is 0. The molecule has 4 heteroatoms. The molecule has 16 aromatic carbocycles. The Labute approximate surface area is 589 Å². The van der Waals surface area contributed by atoms with Crippen molar-refractivity contribution in [3.63, 3.8) is 0 Å². The monoisotopic (exact) mass is 1290 g/mol. The van der Waals surface area contributed by atoms with E-state index >= 15 is 0 Å². The molecule has 4 heterocycles. The first-order valence-corrected chi connectivity index (χ1v) is 35.5. The third kappa shape index (κ3) is 8.26. The maximum absolute atomic E-state index is 2.50. The summed E-state index contributed by atoms with van der Waals surface area (Å²) in [5.74, 6) is 0.183. The molecule has 0 aliphatic heterocycles. The van der Waals surface area contributed by atoms with Crippen LogP contribution >= 0.6 is 0 Å². The molecule has 0 bridgehead atoms. The highest BCUT2D eigenvalue weighted by molar-refractivity contribution is 6.25. The van der Waals surface area contributed by atoms with Crippen molar-refractivity contribution in [2.75, 3.05) is 0 Å². The predicted octanol–water partition coefficient (Wildman–Crippen LogP) is 25.4. The van der Waals surface area contributed by atoms with Gasteiger partial charge in [0.25, 0.3) is 0 Å². The average molecular weight is 1300 g/mol. The van der Waals surface area contributed by atoms with Gasteiger partial charge in [-0.3, -0.25) is 0 Å². The van der Waals surface area contributed by atoms with Crippen LogP contribution < -0.4 is 0 Å². The second kappa shape index (κ2) is 22.1. The summed E-state index contributed by atoms with van der Waals surface area (Å²) in [6, 6.07) is 136. The molecule has 2 unspecified atom stereocenters. The third-order valence-electron chi connectivity index (χ3n) is 22.5. The van der Waals surface area contributed by atoms with E-state index in [0.717, 1.165) is 50.6 Å². The minimum Gasteiger partial charge on any atom is -0.307 e. The van der Waals surface area contributed by atoms with Gasteiger partial charge in [0.15, 0.2) is 0 Å². The van der Waals surface area contributed by atoms with E-state index in [0.29, 0.717) is 0 Å². The van der Waals surface area contributed by atoms with Gasteiger partial charge in [-0.2, -0.15) is 0 Å². The SMILES string of the molecule is c1ccc(C2c3ccccc3-c3ccc4c(c32)C(c2ccc(-c3cc(-c5ccc(-n6c7ccccc7c7ccc8c9ccccc9n(-c9ccccc9)c8c76)cc5)cc(-c5ccc(-n6c7ccccc7c7ccc8c9ccccc9n(-c9ccccc9)c8c76)cc5)c3)cc2)c2ccccc2-4)cc1. The standard InChI is InChI=1S/C98H62N4/c1-4-22-64(23-5-1)91-79-34-12-10-28-73(79)81-52-53-82-74-29-11-13-35-80(74)92(94(82)93(81)91)65-42-40-61(41-43-65)66-58-67(62-44-48-71(49-45-62)101-89-38-20-16-32-77(89)85-56-54-83-75-30-14-18-36-87(75)99(95(83)97(85)101)69-24-6-2-7-25-69)60-68(59-66)63-46-50-72(51-47-63)102-90-39-21-17-33-78(90)86-57-55-84-76-31-15-19-37-88(76)100(96(84)98(86)102)70-26-8-3-9-27-70/h1-60,91-92H. The molecule has 474 valence electrons. The average Bonchev–Trinajstić information content (AvgIpc) is 1.56. The zero-order chi connectivity index (χ0) is 66.7. The number of aromatic nitrogens is 4. The molecule has 0 N–H and O–H groups in total. The van der Waals surface area contributed by atoms with Gasteiger partial charge in [0, 0.05) is 77.7 Å². The minimum atomic E-state index is 0.0549. The van der Waals surface area contributed by atoms with Gasteiger partial charge >= 0.3 is 0 Å². The van der Waals surface area contributed by atoms with Crippen LogP contribution in [-0.2, 0) is 0 Å². The Bertz CT molecular complexity index is 6530. The van der Waals surface area contributed by atoms with Crippen molar-refractivity contribution in [3.05, 3.63) is 397 Å². The minimum absolute atomic E-state index is 0.0549. The van der Waals surface area contributed by atoms with E-state index in [9.17, 15) is 0 Å². The lowest BCUT2D eigenvalue weighted by molar-refractivity contribution is 0.938. The summed E-state index contributed by atoms with van der Waals surface area (Å²) < 4.78 is 9.93. The molecule has 0 amide bonds. The topological polar surface area (TPSA) is 19.7 Å². The first-order chi connectivity index (χ1) is 50.6. The summed E-state index contributed by atoms with van der Waals surface area (Å²) >= 11 is 0. The maximum atomic E-state index is 2.50. The summed E-state index contributed by atoms with van der Waals surface area (Å²) in [6.07, 6.45) is 0. The highest BCUT2D eigenvalue weighted by atomic mass is 15.1. The normalized spacial score (nSPS) is 13.9. The van der Waals surface area contributed by atoms with Crippen molar-refractivity contribution >= 4 is 87.2 Å². The smallest absolute Gasteiger partial charge is 0.0788 e. The highest BCUT2D eigenvalue weighted by Crippen LogP contribution is 2.58. The number of rotatable bonds is 9. The quantitative estimate of drug-likeness (QED) is 0.137. The summed E-state index contributed by atoms with van der Waals surface area (Å²) in [7, 11) is 0. The number of hydrogen-bond acceptors (Lipinski definition) is 0. The van der Waals surface area contributed by atoms with Crippen LogP contribution in [0.1, 0.15) is 45.2 Å². The molecular formula is C98H62N4. The van der Waals surface area contributed by atoms with Crippen LogP contribution in [0.2, 0.25) is 0 Å². The molecule has 0 spiro atoms. The lowest BCUT2D eigenvalue weighted by atomic mass is 9.80. The van der Waals surface area contributed by atoms with Gasteiger partial charge in [-0.15, -0.1) is 0 Å². The van der Waals surface area contributed by atoms with E-state index in [2.05, 4.69) is 382 Å². The van der Waals surface area contributed by atoms with Crippen LogP contribution in [0.3, 0.4) is 0 Å². The maximum Gasteiger partial charge on any atom is 0.0788 e. The van der Waals surface area contributed by atoms with Crippen molar-refractivity contribution < 1.29 is 0 Å². The van der Waals surface area contributed by atoms with E-state index in [1.54, 1.807) is 0 Å². The fraction of sp³-hybridized carbons (Fsp3) is 0.0204. The van der Waals surface area contributed by atoms with Gasteiger partial charge in [-0.25, -0.2) is 0 Å². The Morgan fingerprint density at radius 3 is 0.804 bits per heavy atom. The zero-order valence-electron chi connectivity index (χ0n) is 55.6. The zero-order valence-corrected chi connectivity index (χ0v) is 55.6. The largest absolute Gasteiger partial charge is 0.307 e. The fourth-order valence-corrected chi connectivity index (χ4v) is 18.2. The summed E-state index contributed by atoms with van der Waals surface area (Å²) in [5, 5.41) is 9.85.